The van der Waals surface area contributed by atoms with Crippen LogP contribution >= 0.6 is 0 Å². The van der Waals surface area contributed by atoms with E-state index in [4.69, 9.17) is 25.5 Å². The molecule has 0 fully saturated rings. The SMILES string of the molecule is O=C(O)[C@@](O)(C(=O)c1ccccc1)[C@@](O)(C(=O)O)C(=O)c1ccccc1.[N-]=[N+]=NCCOCCOCCOCCN. The number of rotatable bonds is 18. The van der Waals surface area contributed by atoms with Crippen LogP contribution in [-0.2, 0) is 23.8 Å². The fraction of sp³-hybridized carbons (Fsp3) is 0.385. The highest BCUT2D eigenvalue weighted by atomic mass is 16.5. The number of azide groups is 1. The second-order valence-corrected chi connectivity index (χ2v) is 8.00. The van der Waals surface area contributed by atoms with Crippen LogP contribution in [0.15, 0.2) is 65.8 Å². The van der Waals surface area contributed by atoms with Gasteiger partial charge in [-0.25, -0.2) is 9.59 Å². The van der Waals surface area contributed by atoms with E-state index in [1.165, 1.54) is 36.4 Å². The summed E-state index contributed by atoms with van der Waals surface area (Å²) in [7, 11) is 0. The summed E-state index contributed by atoms with van der Waals surface area (Å²) in [5.41, 5.74) is 4.51. The zero-order chi connectivity index (χ0) is 30.7. The number of hydrogen-bond donors (Lipinski definition) is 5. The van der Waals surface area contributed by atoms with Crippen molar-refractivity contribution in [3.63, 3.8) is 0 Å². The Bertz CT molecular complexity index is 1100. The number of aliphatic carboxylic acids is 2. The number of carboxylic acids is 2. The number of nitrogens with zero attached hydrogens (tertiary/aromatic N) is 3. The molecule has 2 rings (SSSR count). The summed E-state index contributed by atoms with van der Waals surface area (Å²) < 4.78 is 15.4. The van der Waals surface area contributed by atoms with Gasteiger partial charge in [-0.2, -0.15) is 0 Å². The summed E-state index contributed by atoms with van der Waals surface area (Å²) in [6.07, 6.45) is 0. The number of carbonyl (C=O) groups excluding carboxylic acids is 2. The molecule has 0 bridgehead atoms. The lowest BCUT2D eigenvalue weighted by Crippen LogP contribution is -2.71. The summed E-state index contributed by atoms with van der Waals surface area (Å²) in [5, 5.41) is 43.2. The Morgan fingerprint density at radius 3 is 1.41 bits per heavy atom. The van der Waals surface area contributed by atoms with Gasteiger partial charge in [0.25, 0.3) is 11.2 Å². The van der Waals surface area contributed by atoms with Crippen LogP contribution in [0.1, 0.15) is 20.7 Å². The Labute approximate surface area is 234 Å². The van der Waals surface area contributed by atoms with E-state index in [1.807, 2.05) is 0 Å². The van der Waals surface area contributed by atoms with Crippen molar-refractivity contribution in [2.45, 2.75) is 11.2 Å². The number of nitrogens with two attached hydrogens (primary N) is 1. The molecule has 2 atom stereocenters. The van der Waals surface area contributed by atoms with E-state index in [0.717, 1.165) is 24.3 Å². The first-order valence-electron chi connectivity index (χ1n) is 12.1. The van der Waals surface area contributed by atoms with Gasteiger partial charge in [-0.05, 0) is 5.53 Å². The Balaban J connectivity index is 0.000000479. The third kappa shape index (κ3) is 9.73. The van der Waals surface area contributed by atoms with Crippen LogP contribution in [0.5, 0.6) is 0 Å². The minimum absolute atomic E-state index is 0.357. The Morgan fingerprint density at radius 1 is 0.707 bits per heavy atom. The molecule has 0 unspecified atom stereocenters. The maximum atomic E-state index is 12.6. The number of carboxylic acid groups (broad SMARTS) is 2. The largest absolute Gasteiger partial charge is 0.479 e. The van der Waals surface area contributed by atoms with Gasteiger partial charge in [0.05, 0.1) is 39.6 Å². The monoisotopic (exact) mass is 576 g/mol. The summed E-state index contributed by atoms with van der Waals surface area (Å²) >= 11 is 0. The van der Waals surface area contributed by atoms with E-state index < -0.39 is 45.8 Å². The molecule has 0 aliphatic heterocycles. The maximum absolute atomic E-state index is 12.6. The van der Waals surface area contributed by atoms with Gasteiger partial charge in [-0.15, -0.1) is 0 Å². The quantitative estimate of drug-likeness (QED) is 0.0410. The van der Waals surface area contributed by atoms with Gasteiger partial charge in [-0.3, -0.25) is 9.59 Å². The Morgan fingerprint density at radius 2 is 1.07 bits per heavy atom. The second kappa shape index (κ2) is 18.2. The van der Waals surface area contributed by atoms with Crippen LogP contribution in [-0.4, -0.2) is 108 Å². The molecule has 0 saturated heterocycles. The molecular formula is C26H32N4O11. The lowest BCUT2D eigenvalue weighted by atomic mass is 9.73. The number of Topliss-reactive ketones (excluding diaryl/α,β-unsaturated/α-hetero) is 2. The molecule has 222 valence electrons. The molecule has 0 amide bonds. The average Bonchev–Trinajstić information content (AvgIpc) is 2.99. The number of hydrogen-bond acceptors (Lipinski definition) is 11. The van der Waals surface area contributed by atoms with Crippen molar-refractivity contribution in [1.29, 1.82) is 0 Å². The fourth-order valence-electron chi connectivity index (χ4n) is 3.20. The molecule has 41 heavy (non-hydrogen) atoms. The van der Waals surface area contributed by atoms with Gasteiger partial charge < -0.3 is 40.4 Å². The molecule has 0 aromatic heterocycles. The molecule has 0 radical (unpaired) electrons. The number of benzene rings is 2. The lowest BCUT2D eigenvalue weighted by molar-refractivity contribution is -0.187. The standard InChI is InChI=1S/C18H14O8.C8H18N4O3/c19-13(11-7-3-1-4-8-11)17(25,15(21)22)18(26,16(23)24)14(20)12-9-5-2-6-10-12;9-1-3-13-5-7-15-8-6-14-4-2-11-12-10/h1-10,25-26H,(H,21,22)(H,23,24);1-9H2/t17-,18-;/m0./s1. The minimum atomic E-state index is -3.95. The van der Waals surface area contributed by atoms with Crippen molar-refractivity contribution < 1.29 is 53.8 Å². The molecule has 0 heterocycles. The fourth-order valence-corrected chi connectivity index (χ4v) is 3.20. The molecule has 0 saturated carbocycles. The summed E-state index contributed by atoms with van der Waals surface area (Å²) in [6, 6.07) is 12.8. The molecule has 0 spiro atoms. The zero-order valence-corrected chi connectivity index (χ0v) is 22.0. The van der Waals surface area contributed by atoms with Crippen molar-refractivity contribution in [2.24, 2.45) is 10.8 Å². The highest BCUT2D eigenvalue weighted by Gasteiger charge is 2.69. The number of ether oxygens (including phenoxy) is 3. The second-order valence-electron chi connectivity index (χ2n) is 8.00. The third-order valence-corrected chi connectivity index (χ3v) is 5.28. The molecule has 15 heteroatoms. The van der Waals surface area contributed by atoms with E-state index in [-0.39, 0.29) is 0 Å². The van der Waals surface area contributed by atoms with E-state index in [0.29, 0.717) is 52.7 Å². The predicted molar refractivity (Wildman–Crippen MR) is 142 cm³/mol. The van der Waals surface area contributed by atoms with Gasteiger partial charge in [0, 0.05) is 29.1 Å². The van der Waals surface area contributed by atoms with Crippen LogP contribution in [0, 0.1) is 0 Å². The zero-order valence-electron chi connectivity index (χ0n) is 22.0. The lowest BCUT2D eigenvalue weighted by Gasteiger charge is -2.34. The molecule has 2 aromatic carbocycles. The van der Waals surface area contributed by atoms with Crippen molar-refractivity contribution in [3.05, 3.63) is 82.2 Å². The summed E-state index contributed by atoms with van der Waals surface area (Å²) in [6.45, 7) is 3.98. The van der Waals surface area contributed by atoms with Crippen LogP contribution in [0.2, 0.25) is 0 Å². The molecule has 6 N–H and O–H groups in total. The van der Waals surface area contributed by atoms with Crippen LogP contribution in [0.4, 0.5) is 0 Å². The molecule has 0 aliphatic carbocycles. The molecule has 15 nitrogen and oxygen atoms in total. The van der Waals surface area contributed by atoms with Gasteiger partial charge >= 0.3 is 11.9 Å². The normalized spacial score (nSPS) is 13.3. The van der Waals surface area contributed by atoms with Gasteiger partial charge in [0.15, 0.2) is 0 Å². The highest BCUT2D eigenvalue weighted by molar-refractivity contribution is 6.28. The van der Waals surface area contributed by atoms with Crippen LogP contribution in [0.3, 0.4) is 0 Å². The first-order valence-corrected chi connectivity index (χ1v) is 12.1. The topological polar surface area (TPSA) is 252 Å². The first-order chi connectivity index (χ1) is 19.6. The van der Waals surface area contributed by atoms with Crippen LogP contribution < -0.4 is 5.73 Å². The smallest absolute Gasteiger partial charge is 0.348 e. The van der Waals surface area contributed by atoms with E-state index in [9.17, 15) is 39.6 Å². The van der Waals surface area contributed by atoms with Crippen molar-refractivity contribution >= 4 is 23.5 Å². The first kappa shape index (κ1) is 34.8. The highest BCUT2D eigenvalue weighted by Crippen LogP contribution is 2.31. The predicted octanol–water partition coefficient (Wildman–Crippen LogP) is 0.689. The Kier molecular flexibility index (Phi) is 15.5. The summed E-state index contributed by atoms with van der Waals surface area (Å²) in [4.78, 5) is 51.1. The van der Waals surface area contributed by atoms with Crippen molar-refractivity contribution in [1.82, 2.24) is 0 Å². The van der Waals surface area contributed by atoms with Gasteiger partial charge in [0.1, 0.15) is 0 Å². The molecule has 0 aliphatic rings. The van der Waals surface area contributed by atoms with Crippen molar-refractivity contribution in [2.75, 3.05) is 52.7 Å². The average molecular weight is 577 g/mol. The number of aliphatic hydroxyl groups is 2. The molecule has 2 aromatic rings. The third-order valence-electron chi connectivity index (χ3n) is 5.28. The molecular weight excluding hydrogens is 544 g/mol. The van der Waals surface area contributed by atoms with Gasteiger partial charge in [0.2, 0.25) is 11.6 Å². The number of carbonyl (C=O) groups is 4. The Hall–Kier alpha value is -4.21. The van der Waals surface area contributed by atoms with E-state index >= 15 is 0 Å². The van der Waals surface area contributed by atoms with E-state index in [1.54, 1.807) is 0 Å². The van der Waals surface area contributed by atoms with Crippen molar-refractivity contribution in [3.8, 4) is 0 Å². The number of ketones is 2. The van der Waals surface area contributed by atoms with E-state index in [2.05, 4.69) is 10.0 Å². The van der Waals surface area contributed by atoms with Gasteiger partial charge in [-0.1, -0.05) is 65.8 Å². The summed E-state index contributed by atoms with van der Waals surface area (Å²) in [5.74, 6) is -8.03. The van der Waals surface area contributed by atoms with Crippen LogP contribution in [0.25, 0.3) is 10.4 Å². The minimum Gasteiger partial charge on any atom is -0.479 e. The maximum Gasteiger partial charge on any atom is 0.348 e.